The molecule has 2 rings (SSSR count). The second kappa shape index (κ2) is 5.70. The van der Waals surface area contributed by atoms with Crippen LogP contribution in [-0.2, 0) is 0 Å². The van der Waals surface area contributed by atoms with E-state index in [2.05, 4.69) is 4.98 Å². The molecule has 1 heterocycles. The molecular weight excluding hydrogens is 222 g/mol. The zero-order chi connectivity index (χ0) is 12.1. The number of nitrogens with zero attached hydrogens (tertiary/aromatic N) is 1. The zero-order valence-corrected chi connectivity index (χ0v) is 11.1. The Kier molecular flexibility index (Phi) is 4.55. The molecule has 0 aliphatic heterocycles. The molecule has 0 atom stereocenters. The molecule has 0 saturated carbocycles. The Hall–Kier alpha value is -1.29. The molecule has 0 spiro atoms. The summed E-state index contributed by atoms with van der Waals surface area (Å²) in [5.41, 5.74) is 0.884. The van der Waals surface area contributed by atoms with Crippen LogP contribution in [-0.4, -0.2) is 19.2 Å². The maximum atomic E-state index is 5.26. The van der Waals surface area contributed by atoms with Crippen LogP contribution in [0, 0.1) is 6.92 Å². The van der Waals surface area contributed by atoms with Crippen molar-refractivity contribution < 1.29 is 9.47 Å². The molecule has 0 unspecified atom stereocenters. The molecule has 0 fully saturated rings. The average Bonchev–Trinajstić information content (AvgIpc) is 2.71. The number of ether oxygens (including phenoxy) is 2. The van der Waals surface area contributed by atoms with Gasteiger partial charge in [-0.05, 0) is 19.1 Å². The Morgan fingerprint density at radius 3 is 2.19 bits per heavy atom. The first-order valence-electron chi connectivity index (χ1n) is 5.24. The van der Waals surface area contributed by atoms with E-state index in [0.29, 0.717) is 0 Å². The van der Waals surface area contributed by atoms with Gasteiger partial charge in [0.15, 0.2) is 0 Å². The minimum absolute atomic E-state index is 0.796. The van der Waals surface area contributed by atoms with Gasteiger partial charge in [0, 0.05) is 0 Å². The summed E-state index contributed by atoms with van der Waals surface area (Å²) in [5.74, 6) is 1.65. The maximum absolute atomic E-state index is 5.26. The van der Waals surface area contributed by atoms with Gasteiger partial charge in [-0.15, -0.1) is 11.3 Å². The summed E-state index contributed by atoms with van der Waals surface area (Å²) in [4.78, 5) is 4.41. The number of aromatic nitrogens is 1. The number of thiazole rings is 1. The summed E-state index contributed by atoms with van der Waals surface area (Å²) in [5, 5.41) is 1.02. The molecule has 4 heteroatoms. The topological polar surface area (TPSA) is 31.4 Å². The van der Waals surface area contributed by atoms with Gasteiger partial charge in [0.25, 0.3) is 0 Å². The average molecular weight is 239 g/mol. The fraction of sp³-hybridized carbons (Fsp3) is 0.417. The van der Waals surface area contributed by atoms with Crippen molar-refractivity contribution in [1.82, 2.24) is 4.98 Å². The molecule has 0 aliphatic rings. The van der Waals surface area contributed by atoms with Crippen LogP contribution in [0.4, 0.5) is 0 Å². The molecule has 1 aromatic heterocycles. The van der Waals surface area contributed by atoms with E-state index < -0.39 is 0 Å². The largest absolute Gasteiger partial charge is 0.495 e. The highest BCUT2D eigenvalue weighted by molar-refractivity contribution is 7.19. The van der Waals surface area contributed by atoms with Gasteiger partial charge in [-0.1, -0.05) is 13.8 Å². The van der Waals surface area contributed by atoms with E-state index in [-0.39, 0.29) is 0 Å². The van der Waals surface area contributed by atoms with Crippen molar-refractivity contribution in [1.29, 1.82) is 0 Å². The van der Waals surface area contributed by atoms with Gasteiger partial charge in [-0.3, -0.25) is 0 Å². The molecule has 3 nitrogen and oxygen atoms in total. The number of aryl methyl sites for hydroxylation is 1. The number of hydrogen-bond donors (Lipinski definition) is 0. The van der Waals surface area contributed by atoms with E-state index in [4.69, 9.17) is 9.47 Å². The molecule has 0 radical (unpaired) electrons. The number of fused-ring (bicyclic) bond motifs is 1. The molecule has 0 saturated heterocycles. The number of rotatable bonds is 2. The second-order valence-corrected chi connectivity index (χ2v) is 4.08. The van der Waals surface area contributed by atoms with Crippen LogP contribution >= 0.6 is 11.3 Å². The summed E-state index contributed by atoms with van der Waals surface area (Å²) in [6.45, 7) is 5.98. The van der Waals surface area contributed by atoms with Crippen LogP contribution in [0.5, 0.6) is 11.5 Å². The van der Waals surface area contributed by atoms with Crippen molar-refractivity contribution in [2.45, 2.75) is 20.8 Å². The summed E-state index contributed by atoms with van der Waals surface area (Å²) >= 11 is 1.62. The molecule has 0 bridgehead atoms. The third kappa shape index (κ3) is 2.27. The molecule has 0 aliphatic carbocycles. The summed E-state index contributed by atoms with van der Waals surface area (Å²) < 4.78 is 11.5. The van der Waals surface area contributed by atoms with Crippen molar-refractivity contribution in [2.24, 2.45) is 0 Å². The first-order chi connectivity index (χ1) is 7.76. The van der Waals surface area contributed by atoms with Gasteiger partial charge in [0.05, 0.1) is 19.2 Å². The van der Waals surface area contributed by atoms with E-state index in [1.807, 2.05) is 32.9 Å². The minimum atomic E-state index is 0.796. The second-order valence-electron chi connectivity index (χ2n) is 2.88. The first-order valence-corrected chi connectivity index (χ1v) is 6.06. The molecular formula is C12H17NO2S. The monoisotopic (exact) mass is 239 g/mol. The highest BCUT2D eigenvalue weighted by atomic mass is 32.1. The molecule has 88 valence electrons. The van der Waals surface area contributed by atoms with E-state index >= 15 is 0 Å². The lowest BCUT2D eigenvalue weighted by Crippen LogP contribution is -1.87. The van der Waals surface area contributed by atoms with Gasteiger partial charge in [0.1, 0.15) is 21.7 Å². The quantitative estimate of drug-likeness (QED) is 0.801. The highest BCUT2D eigenvalue weighted by Gasteiger charge is 2.11. The predicted molar refractivity (Wildman–Crippen MR) is 68.8 cm³/mol. The number of benzene rings is 1. The Labute approximate surface area is 100 Å². The lowest BCUT2D eigenvalue weighted by atomic mass is 10.3. The highest BCUT2D eigenvalue weighted by Crippen LogP contribution is 2.36. The van der Waals surface area contributed by atoms with Crippen molar-refractivity contribution in [2.75, 3.05) is 14.2 Å². The van der Waals surface area contributed by atoms with Gasteiger partial charge in [-0.2, -0.15) is 0 Å². The van der Waals surface area contributed by atoms with E-state index in [9.17, 15) is 0 Å². The molecule has 2 aromatic rings. The maximum Gasteiger partial charge on any atom is 0.146 e. The van der Waals surface area contributed by atoms with Crippen LogP contribution in [0.1, 0.15) is 18.9 Å². The lowest BCUT2D eigenvalue weighted by molar-refractivity contribution is 0.410. The Bertz CT molecular complexity index is 424. The normalized spacial score (nSPS) is 9.56. The van der Waals surface area contributed by atoms with Crippen LogP contribution in [0.15, 0.2) is 12.1 Å². The standard InChI is InChI=1S/C10H11NO2S.C2H6/c1-6-11-9-7(12-2)4-5-8(13-3)10(9)14-6;1-2/h4-5H,1-3H3;1-2H3. The van der Waals surface area contributed by atoms with Crippen molar-refractivity contribution >= 4 is 21.6 Å². The summed E-state index contributed by atoms with van der Waals surface area (Å²) in [6.07, 6.45) is 0. The van der Waals surface area contributed by atoms with E-state index in [0.717, 1.165) is 26.7 Å². The summed E-state index contributed by atoms with van der Waals surface area (Å²) in [6, 6.07) is 3.78. The van der Waals surface area contributed by atoms with Crippen molar-refractivity contribution in [3.63, 3.8) is 0 Å². The molecule has 1 aromatic carbocycles. The zero-order valence-electron chi connectivity index (χ0n) is 10.3. The molecule has 0 N–H and O–H groups in total. The molecule has 0 amide bonds. The SMILES string of the molecule is CC.COc1ccc(OC)c2sc(C)nc12. The lowest BCUT2D eigenvalue weighted by Gasteiger charge is -2.03. The third-order valence-electron chi connectivity index (χ3n) is 2.02. The van der Waals surface area contributed by atoms with Crippen LogP contribution < -0.4 is 9.47 Å². The van der Waals surface area contributed by atoms with Gasteiger partial charge >= 0.3 is 0 Å². The van der Waals surface area contributed by atoms with Crippen molar-refractivity contribution in [3.05, 3.63) is 17.1 Å². The smallest absolute Gasteiger partial charge is 0.146 e. The Morgan fingerprint density at radius 2 is 1.62 bits per heavy atom. The fourth-order valence-corrected chi connectivity index (χ4v) is 2.32. The number of methoxy groups -OCH3 is 2. The van der Waals surface area contributed by atoms with E-state index in [1.165, 1.54) is 0 Å². The Balaban J connectivity index is 0.000000606. The van der Waals surface area contributed by atoms with Crippen molar-refractivity contribution in [3.8, 4) is 11.5 Å². The van der Waals surface area contributed by atoms with Gasteiger partial charge in [0.2, 0.25) is 0 Å². The minimum Gasteiger partial charge on any atom is -0.495 e. The third-order valence-corrected chi connectivity index (χ3v) is 3.00. The molecule has 16 heavy (non-hydrogen) atoms. The van der Waals surface area contributed by atoms with Crippen LogP contribution in [0.2, 0.25) is 0 Å². The van der Waals surface area contributed by atoms with Crippen LogP contribution in [0.25, 0.3) is 10.2 Å². The van der Waals surface area contributed by atoms with Gasteiger partial charge < -0.3 is 9.47 Å². The Morgan fingerprint density at radius 1 is 1.06 bits per heavy atom. The van der Waals surface area contributed by atoms with Crippen LogP contribution in [0.3, 0.4) is 0 Å². The summed E-state index contributed by atoms with van der Waals surface area (Å²) in [7, 11) is 3.31. The number of hydrogen-bond acceptors (Lipinski definition) is 4. The first kappa shape index (κ1) is 12.8. The predicted octanol–water partition coefficient (Wildman–Crippen LogP) is 3.65. The van der Waals surface area contributed by atoms with E-state index in [1.54, 1.807) is 25.6 Å². The fourth-order valence-electron chi connectivity index (χ4n) is 1.39. The van der Waals surface area contributed by atoms with Gasteiger partial charge in [-0.25, -0.2) is 4.98 Å².